The van der Waals surface area contributed by atoms with Crippen LogP contribution in [0, 0.1) is 0 Å². The average molecular weight is 319 g/mol. The molecule has 0 saturated heterocycles. The van der Waals surface area contributed by atoms with E-state index in [-0.39, 0.29) is 25.8 Å². The molecular weight excluding hydrogens is 299 g/mol. The van der Waals surface area contributed by atoms with Crippen molar-refractivity contribution < 1.29 is 25.8 Å². The van der Waals surface area contributed by atoms with E-state index in [1.165, 1.54) is 64.2 Å². The van der Waals surface area contributed by atoms with Gasteiger partial charge in [-0.3, -0.25) is 0 Å². The van der Waals surface area contributed by atoms with Crippen LogP contribution in [0.3, 0.4) is 0 Å². The van der Waals surface area contributed by atoms with Gasteiger partial charge in [0.05, 0.1) is 0 Å². The first kappa shape index (κ1) is 11.9. The number of hydrogen-bond acceptors (Lipinski definition) is 0. The van der Waals surface area contributed by atoms with Gasteiger partial charge in [-0.1, -0.05) is 64.2 Å². The summed E-state index contributed by atoms with van der Waals surface area (Å²) >= 11 is 0. The van der Waals surface area contributed by atoms with E-state index in [4.69, 9.17) is 0 Å². The molecule has 0 aromatic carbocycles. The van der Waals surface area contributed by atoms with E-state index in [0.717, 1.165) is 0 Å². The summed E-state index contributed by atoms with van der Waals surface area (Å²) in [4.78, 5) is 0. The second kappa shape index (κ2) is 8.96. The van der Waals surface area contributed by atoms with Gasteiger partial charge in [0.1, 0.15) is 0 Å². The van der Waals surface area contributed by atoms with Crippen molar-refractivity contribution in [2.75, 3.05) is 0 Å². The molecule has 0 amide bonds. The molecule has 2 rings (SSSR count). The first-order valence-electron chi connectivity index (χ1n) is 5.00. The van der Waals surface area contributed by atoms with Crippen molar-refractivity contribution >= 4 is 0 Å². The normalized spacial score (nSPS) is 21.8. The minimum Gasteiger partial charge on any atom is -0.0533 e. The van der Waals surface area contributed by atoms with Crippen molar-refractivity contribution in [1.82, 2.24) is 0 Å². The molecule has 0 radical (unpaired) electrons. The van der Waals surface area contributed by atoms with Gasteiger partial charge in [-0.2, -0.15) is 0 Å². The standard InChI is InChI=1S/2C5H10.Hf/c2*1-2-4-5-3-1;/h2*1-5H2;. The van der Waals surface area contributed by atoms with Gasteiger partial charge in [0.2, 0.25) is 0 Å². The van der Waals surface area contributed by atoms with Crippen molar-refractivity contribution in [1.29, 1.82) is 0 Å². The van der Waals surface area contributed by atoms with Gasteiger partial charge < -0.3 is 0 Å². The van der Waals surface area contributed by atoms with E-state index in [0.29, 0.717) is 0 Å². The summed E-state index contributed by atoms with van der Waals surface area (Å²) < 4.78 is 0. The van der Waals surface area contributed by atoms with E-state index in [2.05, 4.69) is 0 Å². The predicted octanol–water partition coefficient (Wildman–Crippen LogP) is 3.90. The third kappa shape index (κ3) is 7.24. The van der Waals surface area contributed by atoms with Crippen LogP contribution in [0.1, 0.15) is 64.2 Å². The molecule has 0 aliphatic heterocycles. The van der Waals surface area contributed by atoms with Crippen LogP contribution in [0.15, 0.2) is 0 Å². The molecule has 64 valence electrons. The van der Waals surface area contributed by atoms with Crippen LogP contribution in [0.4, 0.5) is 0 Å². The van der Waals surface area contributed by atoms with Crippen molar-refractivity contribution in [2.24, 2.45) is 0 Å². The van der Waals surface area contributed by atoms with Crippen molar-refractivity contribution in [2.45, 2.75) is 64.2 Å². The van der Waals surface area contributed by atoms with Gasteiger partial charge in [-0.15, -0.1) is 0 Å². The van der Waals surface area contributed by atoms with Gasteiger partial charge in [0.15, 0.2) is 0 Å². The maximum atomic E-state index is 1.50. The summed E-state index contributed by atoms with van der Waals surface area (Å²) in [7, 11) is 0. The fourth-order valence-electron chi connectivity index (χ4n) is 1.77. The van der Waals surface area contributed by atoms with Gasteiger partial charge in [0, 0.05) is 25.8 Å². The van der Waals surface area contributed by atoms with E-state index < -0.39 is 0 Å². The van der Waals surface area contributed by atoms with Crippen LogP contribution in [-0.2, 0) is 25.8 Å². The molecule has 0 bridgehead atoms. The fraction of sp³-hybridized carbons (Fsp3) is 1.00. The molecule has 0 unspecified atom stereocenters. The molecule has 2 fully saturated rings. The molecule has 1 heteroatoms. The summed E-state index contributed by atoms with van der Waals surface area (Å²) in [5.41, 5.74) is 0. The van der Waals surface area contributed by atoms with Gasteiger partial charge in [-0.25, -0.2) is 0 Å². The topological polar surface area (TPSA) is 0 Å². The smallest absolute Gasteiger partial charge is 0 e. The summed E-state index contributed by atoms with van der Waals surface area (Å²) in [5, 5.41) is 0. The fourth-order valence-corrected chi connectivity index (χ4v) is 1.77. The summed E-state index contributed by atoms with van der Waals surface area (Å²) in [5.74, 6) is 0. The van der Waals surface area contributed by atoms with Crippen LogP contribution in [0.2, 0.25) is 0 Å². The van der Waals surface area contributed by atoms with E-state index in [9.17, 15) is 0 Å². The SMILES string of the molecule is C1CCCC1.C1CCCC1.[Hf]. The Balaban J connectivity index is 0.000000167. The average Bonchev–Trinajstić information content (AvgIpc) is 2.67. The quantitative estimate of drug-likeness (QED) is 0.594. The minimum absolute atomic E-state index is 0. The zero-order chi connectivity index (χ0) is 7.07. The predicted molar refractivity (Wildman–Crippen MR) is 46.2 cm³/mol. The Labute approximate surface area is 89.9 Å². The Morgan fingerprint density at radius 3 is 0.455 bits per heavy atom. The Morgan fingerprint density at radius 2 is 0.364 bits per heavy atom. The summed E-state index contributed by atoms with van der Waals surface area (Å²) in [6.07, 6.45) is 15.0. The minimum atomic E-state index is 0. The van der Waals surface area contributed by atoms with Crippen LogP contribution in [0.25, 0.3) is 0 Å². The van der Waals surface area contributed by atoms with E-state index in [1.807, 2.05) is 0 Å². The first-order chi connectivity index (χ1) is 5.00. The Hall–Kier alpha value is 0.870. The van der Waals surface area contributed by atoms with Crippen molar-refractivity contribution in [3.05, 3.63) is 0 Å². The maximum Gasteiger partial charge on any atom is 0 e. The molecule has 2 aliphatic rings. The summed E-state index contributed by atoms with van der Waals surface area (Å²) in [6, 6.07) is 0. The Bertz CT molecular complexity index is 38.1. The van der Waals surface area contributed by atoms with Crippen LogP contribution < -0.4 is 0 Å². The summed E-state index contributed by atoms with van der Waals surface area (Å²) in [6.45, 7) is 0. The molecule has 0 nitrogen and oxygen atoms in total. The van der Waals surface area contributed by atoms with Crippen LogP contribution in [-0.4, -0.2) is 0 Å². The van der Waals surface area contributed by atoms with Gasteiger partial charge in [-0.05, 0) is 0 Å². The second-order valence-corrected chi connectivity index (χ2v) is 3.54. The largest absolute Gasteiger partial charge is 0.0533 e. The molecule has 0 spiro atoms. The van der Waals surface area contributed by atoms with Gasteiger partial charge >= 0.3 is 0 Å². The molecular formula is C10H20Hf. The van der Waals surface area contributed by atoms with Crippen molar-refractivity contribution in [3.8, 4) is 0 Å². The molecule has 0 aromatic rings. The Morgan fingerprint density at radius 1 is 0.273 bits per heavy atom. The van der Waals surface area contributed by atoms with Crippen LogP contribution >= 0.6 is 0 Å². The number of rotatable bonds is 0. The zero-order valence-electron chi connectivity index (χ0n) is 7.57. The van der Waals surface area contributed by atoms with E-state index in [1.54, 1.807) is 0 Å². The molecule has 2 saturated carbocycles. The maximum absolute atomic E-state index is 1.50. The molecule has 0 heterocycles. The Kier molecular flexibility index (Phi) is 9.67. The molecule has 0 aromatic heterocycles. The van der Waals surface area contributed by atoms with Crippen LogP contribution in [0.5, 0.6) is 0 Å². The second-order valence-electron chi connectivity index (χ2n) is 3.54. The first-order valence-corrected chi connectivity index (χ1v) is 5.00. The zero-order valence-corrected chi connectivity index (χ0v) is 11.2. The number of hydrogen-bond donors (Lipinski definition) is 0. The monoisotopic (exact) mass is 320 g/mol. The van der Waals surface area contributed by atoms with E-state index >= 15 is 0 Å². The molecule has 2 aliphatic carbocycles. The molecule has 0 atom stereocenters. The molecule has 11 heavy (non-hydrogen) atoms. The third-order valence-corrected chi connectivity index (χ3v) is 2.50. The third-order valence-electron chi connectivity index (χ3n) is 2.50. The van der Waals surface area contributed by atoms with Gasteiger partial charge in [0.25, 0.3) is 0 Å². The van der Waals surface area contributed by atoms with Crippen molar-refractivity contribution in [3.63, 3.8) is 0 Å². The molecule has 0 N–H and O–H groups in total.